The third-order valence-electron chi connectivity index (χ3n) is 4.19. The van der Waals surface area contributed by atoms with Gasteiger partial charge in [-0.1, -0.05) is 6.92 Å². The van der Waals surface area contributed by atoms with Crippen molar-refractivity contribution in [3.63, 3.8) is 0 Å². The third kappa shape index (κ3) is 3.24. The average molecular weight is 285 g/mol. The average Bonchev–Trinajstić information content (AvgIpc) is 2.96. The molecule has 0 aliphatic carbocycles. The second kappa shape index (κ2) is 6.26. The number of aromatic nitrogens is 3. The molecule has 0 radical (unpaired) electrons. The number of nitrogens with two attached hydrogens (primary N) is 1. The molecule has 0 saturated carbocycles. The molecule has 0 spiro atoms. The van der Waals surface area contributed by atoms with Gasteiger partial charge in [0, 0.05) is 44.1 Å². The van der Waals surface area contributed by atoms with Crippen molar-refractivity contribution in [3.05, 3.63) is 42.1 Å². The summed E-state index contributed by atoms with van der Waals surface area (Å²) < 4.78 is 2.35. The molecule has 1 atom stereocenters. The van der Waals surface area contributed by atoms with Crippen molar-refractivity contribution >= 4 is 5.82 Å². The van der Waals surface area contributed by atoms with E-state index in [0.717, 1.165) is 26.1 Å². The van der Waals surface area contributed by atoms with Gasteiger partial charge in [-0.2, -0.15) is 0 Å². The minimum Gasteiger partial charge on any atom is -0.384 e. The lowest BCUT2D eigenvalue weighted by Gasteiger charge is -2.34. The molecule has 2 aromatic heterocycles. The maximum Gasteiger partial charge on any atom is 0.123 e. The summed E-state index contributed by atoms with van der Waals surface area (Å²) in [6.07, 6.45) is 9.28. The van der Waals surface area contributed by atoms with Gasteiger partial charge in [-0.05, 0) is 37.1 Å². The molecule has 1 aliphatic heterocycles. The summed E-state index contributed by atoms with van der Waals surface area (Å²) in [6.45, 7) is 5.33. The molecule has 0 aromatic carbocycles. The van der Waals surface area contributed by atoms with E-state index in [0.29, 0.717) is 11.9 Å². The first-order chi connectivity index (χ1) is 10.3. The number of pyridine rings is 1. The minimum atomic E-state index is 0.537. The Morgan fingerprint density at radius 3 is 3.05 bits per heavy atom. The zero-order chi connectivity index (χ0) is 14.7. The van der Waals surface area contributed by atoms with Crippen LogP contribution < -0.4 is 5.73 Å². The number of imidazole rings is 1. The lowest BCUT2D eigenvalue weighted by Crippen LogP contribution is -2.36. The Labute approximate surface area is 125 Å². The first kappa shape index (κ1) is 14.1. The summed E-state index contributed by atoms with van der Waals surface area (Å²) in [5, 5.41) is 0. The molecule has 0 unspecified atom stereocenters. The number of aryl methyl sites for hydroxylation is 1. The van der Waals surface area contributed by atoms with Crippen LogP contribution in [0, 0.1) is 0 Å². The molecule has 1 aliphatic rings. The van der Waals surface area contributed by atoms with Crippen LogP contribution in [0.4, 0.5) is 5.82 Å². The molecule has 5 heteroatoms. The summed E-state index contributed by atoms with van der Waals surface area (Å²) in [5.74, 6) is 1.79. The van der Waals surface area contributed by atoms with Gasteiger partial charge in [-0.3, -0.25) is 4.90 Å². The topological polar surface area (TPSA) is 60.0 Å². The molecule has 3 rings (SSSR count). The fourth-order valence-corrected chi connectivity index (χ4v) is 3.20. The van der Waals surface area contributed by atoms with E-state index in [1.165, 1.54) is 24.2 Å². The lowest BCUT2D eigenvalue weighted by molar-refractivity contribution is 0.168. The maximum atomic E-state index is 5.76. The number of likely N-dealkylation sites (tertiary alicyclic amines) is 1. The molecule has 1 saturated heterocycles. The third-order valence-corrected chi connectivity index (χ3v) is 4.19. The van der Waals surface area contributed by atoms with Crippen molar-refractivity contribution in [2.75, 3.05) is 18.8 Å². The zero-order valence-electron chi connectivity index (χ0n) is 12.6. The van der Waals surface area contributed by atoms with Gasteiger partial charge in [-0.25, -0.2) is 9.97 Å². The predicted molar refractivity (Wildman–Crippen MR) is 83.8 cm³/mol. The van der Waals surface area contributed by atoms with Gasteiger partial charge >= 0.3 is 0 Å². The van der Waals surface area contributed by atoms with Crippen molar-refractivity contribution in [2.24, 2.45) is 0 Å². The summed E-state index contributed by atoms with van der Waals surface area (Å²) in [7, 11) is 0. The monoisotopic (exact) mass is 285 g/mol. The number of hydrogen-bond acceptors (Lipinski definition) is 4. The summed E-state index contributed by atoms with van der Waals surface area (Å²) in [5.41, 5.74) is 7.00. The molecular formula is C16H23N5. The maximum absolute atomic E-state index is 5.76. The molecule has 0 bridgehead atoms. The Hall–Kier alpha value is -1.88. The molecule has 1 fully saturated rings. The van der Waals surface area contributed by atoms with Gasteiger partial charge in [-0.15, -0.1) is 0 Å². The standard InChI is InChI=1S/C16H23N5/c1-2-16-19-7-9-21(16)14-4-3-8-20(12-14)11-13-5-6-18-15(17)10-13/h5-7,9-10,14H,2-4,8,11-12H2,1H3,(H2,17,18)/t14-/m1/s1. The molecule has 5 nitrogen and oxygen atoms in total. The number of rotatable bonds is 4. The highest BCUT2D eigenvalue weighted by Gasteiger charge is 2.22. The number of piperidine rings is 1. The number of nitrogen functional groups attached to an aromatic ring is 1. The fourth-order valence-electron chi connectivity index (χ4n) is 3.20. The Morgan fingerprint density at radius 1 is 1.33 bits per heavy atom. The van der Waals surface area contributed by atoms with Crippen molar-refractivity contribution < 1.29 is 0 Å². The predicted octanol–water partition coefficient (Wildman–Crippen LogP) is 2.26. The molecule has 3 heterocycles. The molecule has 21 heavy (non-hydrogen) atoms. The van der Waals surface area contributed by atoms with Gasteiger partial charge in [0.05, 0.1) is 0 Å². The highest BCUT2D eigenvalue weighted by atomic mass is 15.2. The Balaban J connectivity index is 1.68. The van der Waals surface area contributed by atoms with Gasteiger partial charge in [0.1, 0.15) is 11.6 Å². The summed E-state index contributed by atoms with van der Waals surface area (Å²) >= 11 is 0. The minimum absolute atomic E-state index is 0.537. The molecular weight excluding hydrogens is 262 g/mol. The second-order valence-corrected chi connectivity index (χ2v) is 5.72. The molecule has 2 aromatic rings. The van der Waals surface area contributed by atoms with E-state index in [4.69, 9.17) is 5.73 Å². The van der Waals surface area contributed by atoms with Gasteiger partial charge in [0.15, 0.2) is 0 Å². The normalized spacial score (nSPS) is 19.8. The Bertz CT molecular complexity index is 592. The van der Waals surface area contributed by atoms with Crippen molar-refractivity contribution in [2.45, 2.75) is 38.8 Å². The quantitative estimate of drug-likeness (QED) is 0.936. The first-order valence-electron chi connectivity index (χ1n) is 7.70. The van der Waals surface area contributed by atoms with Crippen LogP contribution in [0.2, 0.25) is 0 Å². The Morgan fingerprint density at radius 2 is 2.24 bits per heavy atom. The van der Waals surface area contributed by atoms with Crippen molar-refractivity contribution in [1.82, 2.24) is 19.4 Å². The zero-order valence-corrected chi connectivity index (χ0v) is 12.6. The van der Waals surface area contributed by atoms with E-state index in [1.54, 1.807) is 6.20 Å². The highest BCUT2D eigenvalue weighted by molar-refractivity contribution is 5.31. The van der Waals surface area contributed by atoms with Crippen LogP contribution in [0.1, 0.15) is 37.2 Å². The van der Waals surface area contributed by atoms with E-state index >= 15 is 0 Å². The van der Waals surface area contributed by atoms with E-state index in [-0.39, 0.29) is 0 Å². The Kier molecular flexibility index (Phi) is 4.20. The van der Waals surface area contributed by atoms with E-state index in [2.05, 4.69) is 38.6 Å². The number of hydrogen-bond donors (Lipinski definition) is 1. The fraction of sp³-hybridized carbons (Fsp3) is 0.500. The smallest absolute Gasteiger partial charge is 0.123 e. The SMILES string of the molecule is CCc1nccn1[C@@H]1CCCN(Cc2ccnc(N)c2)C1. The van der Waals surface area contributed by atoms with Gasteiger partial charge < -0.3 is 10.3 Å². The van der Waals surface area contributed by atoms with Crippen LogP contribution in [0.15, 0.2) is 30.7 Å². The van der Waals surface area contributed by atoms with Crippen LogP contribution in [-0.2, 0) is 13.0 Å². The van der Waals surface area contributed by atoms with Crippen LogP contribution >= 0.6 is 0 Å². The summed E-state index contributed by atoms with van der Waals surface area (Å²) in [6, 6.07) is 4.56. The van der Waals surface area contributed by atoms with Crippen LogP contribution in [0.5, 0.6) is 0 Å². The van der Waals surface area contributed by atoms with E-state index in [9.17, 15) is 0 Å². The van der Waals surface area contributed by atoms with E-state index in [1.807, 2.05) is 12.3 Å². The first-order valence-corrected chi connectivity index (χ1v) is 7.70. The van der Waals surface area contributed by atoms with Gasteiger partial charge in [0.2, 0.25) is 0 Å². The number of nitrogens with zero attached hydrogens (tertiary/aromatic N) is 4. The van der Waals surface area contributed by atoms with Crippen LogP contribution in [0.25, 0.3) is 0 Å². The lowest BCUT2D eigenvalue weighted by atomic mass is 10.0. The van der Waals surface area contributed by atoms with Crippen LogP contribution in [0.3, 0.4) is 0 Å². The molecule has 2 N–H and O–H groups in total. The van der Waals surface area contributed by atoms with Crippen LogP contribution in [-0.4, -0.2) is 32.5 Å². The largest absolute Gasteiger partial charge is 0.384 e. The van der Waals surface area contributed by atoms with Crippen molar-refractivity contribution in [1.29, 1.82) is 0 Å². The summed E-state index contributed by atoms with van der Waals surface area (Å²) in [4.78, 5) is 11.0. The second-order valence-electron chi connectivity index (χ2n) is 5.72. The highest BCUT2D eigenvalue weighted by Crippen LogP contribution is 2.24. The van der Waals surface area contributed by atoms with Gasteiger partial charge in [0.25, 0.3) is 0 Å². The van der Waals surface area contributed by atoms with E-state index < -0.39 is 0 Å². The number of anilines is 1. The molecule has 112 valence electrons. The van der Waals surface area contributed by atoms with Crippen molar-refractivity contribution in [3.8, 4) is 0 Å². The molecule has 0 amide bonds.